The number of hydrogen-bond acceptors (Lipinski definition) is 2. The smallest absolute Gasteiger partial charge is 0.255 e. The zero-order valence-corrected chi connectivity index (χ0v) is 13.5. The van der Waals surface area contributed by atoms with Gasteiger partial charge in [-0.15, -0.1) is 11.6 Å². The minimum Gasteiger partial charge on any atom is -0.367 e. The molecule has 0 aliphatic carbocycles. The quantitative estimate of drug-likeness (QED) is 0.782. The molecule has 0 aromatic heterocycles. The van der Waals surface area contributed by atoms with Gasteiger partial charge in [0.2, 0.25) is 0 Å². The standard InChI is InChI=1S/C15H19Cl2NO2/c1-10-4-5-12(13(17)6-10)14(19)18-8-11(7-16)20-15(2,3)9-18/h4-6,11H,7-9H2,1-3H3. The van der Waals surface area contributed by atoms with E-state index in [1.807, 2.05) is 26.8 Å². The fourth-order valence-corrected chi connectivity index (χ4v) is 2.97. The highest BCUT2D eigenvalue weighted by Gasteiger charge is 2.35. The lowest BCUT2D eigenvalue weighted by atomic mass is 10.0. The number of carbonyl (C=O) groups is 1. The lowest BCUT2D eigenvalue weighted by molar-refractivity contribution is -0.117. The molecule has 1 aromatic carbocycles. The first-order chi connectivity index (χ1) is 9.32. The fraction of sp³-hybridized carbons (Fsp3) is 0.533. The maximum atomic E-state index is 12.6. The summed E-state index contributed by atoms with van der Waals surface area (Å²) in [4.78, 5) is 14.4. The van der Waals surface area contributed by atoms with Gasteiger partial charge in [0, 0.05) is 13.1 Å². The highest BCUT2D eigenvalue weighted by atomic mass is 35.5. The lowest BCUT2D eigenvalue weighted by Crippen LogP contribution is -2.55. The number of ether oxygens (including phenoxy) is 1. The molecule has 3 nitrogen and oxygen atoms in total. The third kappa shape index (κ3) is 3.46. The largest absolute Gasteiger partial charge is 0.367 e. The summed E-state index contributed by atoms with van der Waals surface area (Å²) in [5, 5.41) is 0.488. The highest BCUT2D eigenvalue weighted by Crippen LogP contribution is 2.25. The van der Waals surface area contributed by atoms with Crippen LogP contribution in [0.1, 0.15) is 29.8 Å². The molecule has 0 N–H and O–H groups in total. The van der Waals surface area contributed by atoms with Crippen LogP contribution in [0.3, 0.4) is 0 Å². The first kappa shape index (κ1) is 15.6. The molecule has 1 amide bonds. The summed E-state index contributed by atoms with van der Waals surface area (Å²) in [5.41, 5.74) is 1.17. The molecule has 5 heteroatoms. The molecule has 0 radical (unpaired) electrons. The van der Waals surface area contributed by atoms with Crippen LogP contribution in [0.2, 0.25) is 5.02 Å². The van der Waals surface area contributed by atoms with Gasteiger partial charge < -0.3 is 9.64 Å². The molecule has 1 saturated heterocycles. The summed E-state index contributed by atoms with van der Waals surface area (Å²) >= 11 is 12.1. The van der Waals surface area contributed by atoms with Crippen molar-refractivity contribution in [3.05, 3.63) is 34.3 Å². The van der Waals surface area contributed by atoms with Crippen LogP contribution in [0.15, 0.2) is 18.2 Å². The third-order valence-electron chi connectivity index (χ3n) is 3.30. The Bertz CT molecular complexity index is 517. The third-order valence-corrected chi connectivity index (χ3v) is 3.95. The highest BCUT2D eigenvalue weighted by molar-refractivity contribution is 6.33. The van der Waals surface area contributed by atoms with Crippen molar-refractivity contribution in [2.75, 3.05) is 19.0 Å². The Morgan fingerprint density at radius 1 is 1.50 bits per heavy atom. The number of morpholine rings is 1. The Hall–Kier alpha value is -0.770. The van der Waals surface area contributed by atoms with Crippen molar-refractivity contribution in [2.45, 2.75) is 32.5 Å². The van der Waals surface area contributed by atoms with Crippen LogP contribution in [-0.4, -0.2) is 41.5 Å². The van der Waals surface area contributed by atoms with Crippen molar-refractivity contribution in [3.8, 4) is 0 Å². The first-order valence-corrected chi connectivity index (χ1v) is 7.53. The van der Waals surface area contributed by atoms with Crippen molar-refractivity contribution < 1.29 is 9.53 Å². The van der Waals surface area contributed by atoms with Gasteiger partial charge in [0.05, 0.1) is 28.2 Å². The number of hydrogen-bond donors (Lipinski definition) is 0. The Morgan fingerprint density at radius 2 is 2.20 bits per heavy atom. The van der Waals surface area contributed by atoms with Gasteiger partial charge >= 0.3 is 0 Å². The van der Waals surface area contributed by atoms with E-state index < -0.39 is 5.60 Å². The Labute approximate surface area is 129 Å². The Balaban J connectivity index is 2.23. The van der Waals surface area contributed by atoms with Crippen LogP contribution >= 0.6 is 23.2 Å². The number of amides is 1. The summed E-state index contributed by atoms with van der Waals surface area (Å²) in [6.45, 7) is 6.90. The number of carbonyl (C=O) groups excluding carboxylic acids is 1. The zero-order valence-electron chi connectivity index (χ0n) is 12.0. The summed E-state index contributed by atoms with van der Waals surface area (Å²) in [6.07, 6.45) is -0.145. The average molecular weight is 316 g/mol. The molecule has 110 valence electrons. The van der Waals surface area contributed by atoms with Crippen molar-refractivity contribution in [1.29, 1.82) is 0 Å². The van der Waals surface area contributed by atoms with E-state index in [1.165, 1.54) is 0 Å². The molecule has 1 heterocycles. The van der Waals surface area contributed by atoms with E-state index in [1.54, 1.807) is 17.0 Å². The number of benzene rings is 1. The summed E-state index contributed by atoms with van der Waals surface area (Å²) in [6, 6.07) is 5.47. The zero-order chi connectivity index (χ0) is 14.9. The summed E-state index contributed by atoms with van der Waals surface area (Å²) in [5.74, 6) is 0.302. The van der Waals surface area contributed by atoms with Gasteiger partial charge in [-0.25, -0.2) is 0 Å². The van der Waals surface area contributed by atoms with Crippen molar-refractivity contribution in [2.24, 2.45) is 0 Å². The van der Waals surface area contributed by atoms with E-state index in [4.69, 9.17) is 27.9 Å². The van der Waals surface area contributed by atoms with Crippen LogP contribution in [0.25, 0.3) is 0 Å². The number of halogens is 2. The van der Waals surface area contributed by atoms with E-state index >= 15 is 0 Å². The van der Waals surface area contributed by atoms with E-state index in [2.05, 4.69) is 0 Å². The molecule has 1 aromatic rings. The maximum Gasteiger partial charge on any atom is 0.255 e. The minimum absolute atomic E-state index is 0.0681. The number of rotatable bonds is 2. The van der Waals surface area contributed by atoms with E-state index in [0.29, 0.717) is 29.6 Å². The fourth-order valence-electron chi connectivity index (χ4n) is 2.49. The van der Waals surface area contributed by atoms with Crippen LogP contribution in [0.5, 0.6) is 0 Å². The van der Waals surface area contributed by atoms with Gasteiger partial charge in [0.1, 0.15) is 0 Å². The summed E-state index contributed by atoms with van der Waals surface area (Å²) < 4.78 is 5.83. The topological polar surface area (TPSA) is 29.5 Å². The molecule has 1 aliphatic heterocycles. The second-order valence-electron chi connectivity index (χ2n) is 5.82. The molecule has 1 atom stereocenters. The lowest BCUT2D eigenvalue weighted by Gasteiger charge is -2.42. The predicted molar refractivity (Wildman–Crippen MR) is 81.8 cm³/mol. The minimum atomic E-state index is -0.398. The number of aryl methyl sites for hydroxylation is 1. The molecule has 20 heavy (non-hydrogen) atoms. The van der Waals surface area contributed by atoms with Crippen molar-refractivity contribution in [3.63, 3.8) is 0 Å². The van der Waals surface area contributed by atoms with Gasteiger partial charge in [0.25, 0.3) is 5.91 Å². The first-order valence-electron chi connectivity index (χ1n) is 6.61. The maximum absolute atomic E-state index is 12.6. The van der Waals surface area contributed by atoms with Crippen molar-refractivity contribution in [1.82, 2.24) is 4.90 Å². The van der Waals surface area contributed by atoms with Gasteiger partial charge in [-0.05, 0) is 38.5 Å². The van der Waals surface area contributed by atoms with E-state index in [9.17, 15) is 4.79 Å². The second-order valence-corrected chi connectivity index (χ2v) is 6.54. The molecule has 0 bridgehead atoms. The predicted octanol–water partition coefficient (Wildman–Crippen LogP) is 3.51. The summed E-state index contributed by atoms with van der Waals surface area (Å²) in [7, 11) is 0. The van der Waals surface area contributed by atoms with Gasteiger partial charge in [-0.3, -0.25) is 4.79 Å². The van der Waals surface area contributed by atoms with Crippen LogP contribution in [0.4, 0.5) is 0 Å². The normalized spacial score (nSPS) is 21.9. The molecule has 1 fully saturated rings. The molecule has 0 saturated carbocycles. The van der Waals surface area contributed by atoms with E-state index in [-0.39, 0.29) is 12.0 Å². The van der Waals surface area contributed by atoms with Crippen LogP contribution < -0.4 is 0 Å². The van der Waals surface area contributed by atoms with Gasteiger partial charge in [0.15, 0.2) is 0 Å². The Kier molecular flexibility index (Phi) is 4.62. The van der Waals surface area contributed by atoms with Crippen LogP contribution in [-0.2, 0) is 4.74 Å². The number of nitrogens with zero attached hydrogens (tertiary/aromatic N) is 1. The molecule has 0 spiro atoms. The van der Waals surface area contributed by atoms with Crippen molar-refractivity contribution >= 4 is 29.1 Å². The molecule has 2 rings (SSSR count). The molecule has 1 aliphatic rings. The second kappa shape index (κ2) is 5.92. The molecular formula is C15H19Cl2NO2. The monoisotopic (exact) mass is 315 g/mol. The van der Waals surface area contributed by atoms with Crippen LogP contribution in [0, 0.1) is 6.92 Å². The Morgan fingerprint density at radius 3 is 2.80 bits per heavy atom. The molecular weight excluding hydrogens is 297 g/mol. The number of alkyl halides is 1. The SMILES string of the molecule is Cc1ccc(C(=O)N2CC(CCl)OC(C)(C)C2)c(Cl)c1. The van der Waals surface area contributed by atoms with E-state index in [0.717, 1.165) is 5.56 Å². The van der Waals surface area contributed by atoms with Gasteiger partial charge in [-0.1, -0.05) is 17.7 Å². The van der Waals surface area contributed by atoms with Gasteiger partial charge in [-0.2, -0.15) is 0 Å². The molecule has 1 unspecified atom stereocenters. The average Bonchev–Trinajstić information content (AvgIpc) is 2.36.